The third-order valence-corrected chi connectivity index (χ3v) is 3.93. The van der Waals surface area contributed by atoms with E-state index in [9.17, 15) is 4.79 Å². The van der Waals surface area contributed by atoms with Gasteiger partial charge in [0.2, 0.25) is 5.91 Å². The molecule has 0 bridgehead atoms. The molecule has 0 saturated carbocycles. The van der Waals surface area contributed by atoms with Crippen molar-refractivity contribution in [1.82, 2.24) is 5.32 Å². The molecule has 0 aliphatic heterocycles. The monoisotopic (exact) mass is 353 g/mol. The first-order chi connectivity index (χ1) is 12.7. The summed E-state index contributed by atoms with van der Waals surface area (Å²) in [6.07, 6.45) is 6.64. The lowest BCUT2D eigenvalue weighted by molar-refractivity contribution is -0.116. The minimum Gasteiger partial charge on any atom is -0.493 e. The van der Waals surface area contributed by atoms with Crippen LogP contribution in [-0.2, 0) is 11.3 Å². The van der Waals surface area contributed by atoms with Gasteiger partial charge in [0.05, 0.1) is 13.7 Å². The number of carbonyl (C=O) groups is 1. The molecule has 138 valence electrons. The SMILES string of the molecule is CCCCCOc1ccc(/C=C/C(=O)NCc2ccccc2)cc1OC. The van der Waals surface area contributed by atoms with Gasteiger partial charge in [-0.3, -0.25) is 4.79 Å². The lowest BCUT2D eigenvalue weighted by Gasteiger charge is -2.11. The van der Waals surface area contributed by atoms with Crippen molar-refractivity contribution in [3.05, 3.63) is 65.7 Å². The Morgan fingerprint density at radius 2 is 1.88 bits per heavy atom. The van der Waals surface area contributed by atoms with Gasteiger partial charge >= 0.3 is 0 Å². The Bertz CT molecular complexity index is 711. The molecule has 1 amide bonds. The van der Waals surface area contributed by atoms with E-state index in [-0.39, 0.29) is 5.91 Å². The molecule has 0 unspecified atom stereocenters. The lowest BCUT2D eigenvalue weighted by Crippen LogP contribution is -2.20. The Hall–Kier alpha value is -2.75. The van der Waals surface area contributed by atoms with E-state index in [1.165, 1.54) is 6.08 Å². The maximum atomic E-state index is 12.0. The van der Waals surface area contributed by atoms with Crippen LogP contribution >= 0.6 is 0 Å². The van der Waals surface area contributed by atoms with E-state index in [4.69, 9.17) is 9.47 Å². The van der Waals surface area contributed by atoms with Crippen LogP contribution in [0.25, 0.3) is 6.08 Å². The average Bonchev–Trinajstić information content (AvgIpc) is 2.69. The lowest BCUT2D eigenvalue weighted by atomic mass is 10.2. The van der Waals surface area contributed by atoms with E-state index in [0.29, 0.717) is 18.9 Å². The quantitative estimate of drug-likeness (QED) is 0.502. The number of unbranched alkanes of at least 4 members (excludes halogenated alkanes) is 2. The van der Waals surface area contributed by atoms with Crippen molar-refractivity contribution in [1.29, 1.82) is 0 Å². The van der Waals surface area contributed by atoms with E-state index in [1.807, 2.05) is 48.5 Å². The van der Waals surface area contributed by atoms with Crippen LogP contribution in [-0.4, -0.2) is 19.6 Å². The predicted molar refractivity (Wildman–Crippen MR) is 105 cm³/mol. The number of ether oxygens (including phenoxy) is 2. The van der Waals surface area contributed by atoms with Gasteiger partial charge in [0.25, 0.3) is 0 Å². The van der Waals surface area contributed by atoms with Crippen molar-refractivity contribution >= 4 is 12.0 Å². The standard InChI is InChI=1S/C22H27NO3/c1-3-4-8-15-26-20-13-11-18(16-21(20)25-2)12-14-22(24)23-17-19-9-6-5-7-10-19/h5-7,9-14,16H,3-4,8,15,17H2,1-2H3,(H,23,24)/b14-12+. The molecule has 2 aromatic carbocycles. The Labute approximate surface area is 155 Å². The smallest absolute Gasteiger partial charge is 0.244 e. The first-order valence-corrected chi connectivity index (χ1v) is 9.03. The fraction of sp³-hybridized carbons (Fsp3) is 0.318. The van der Waals surface area contributed by atoms with Crippen LogP contribution in [0.4, 0.5) is 0 Å². The van der Waals surface area contributed by atoms with Crippen LogP contribution in [0.15, 0.2) is 54.6 Å². The number of rotatable bonds is 10. The molecule has 0 aliphatic carbocycles. The number of methoxy groups -OCH3 is 1. The summed E-state index contributed by atoms with van der Waals surface area (Å²) >= 11 is 0. The molecule has 2 aromatic rings. The predicted octanol–water partition coefficient (Wildman–Crippen LogP) is 4.59. The van der Waals surface area contributed by atoms with Crippen LogP contribution in [0.5, 0.6) is 11.5 Å². The summed E-state index contributed by atoms with van der Waals surface area (Å²) in [7, 11) is 1.62. The first kappa shape index (κ1) is 19.6. The van der Waals surface area contributed by atoms with E-state index < -0.39 is 0 Å². The molecular weight excluding hydrogens is 326 g/mol. The van der Waals surface area contributed by atoms with Crippen molar-refractivity contribution in [2.75, 3.05) is 13.7 Å². The van der Waals surface area contributed by atoms with E-state index in [2.05, 4.69) is 12.2 Å². The average molecular weight is 353 g/mol. The number of hydrogen-bond acceptors (Lipinski definition) is 3. The third-order valence-electron chi connectivity index (χ3n) is 3.93. The van der Waals surface area contributed by atoms with Gasteiger partial charge in [0.1, 0.15) is 0 Å². The van der Waals surface area contributed by atoms with Gasteiger partial charge in [-0.2, -0.15) is 0 Å². The zero-order valence-electron chi connectivity index (χ0n) is 15.5. The topological polar surface area (TPSA) is 47.6 Å². The van der Waals surface area contributed by atoms with Gasteiger partial charge in [0.15, 0.2) is 11.5 Å². The van der Waals surface area contributed by atoms with E-state index in [0.717, 1.165) is 36.1 Å². The van der Waals surface area contributed by atoms with Gasteiger partial charge in [-0.25, -0.2) is 0 Å². The second kappa shape index (κ2) is 11.0. The maximum Gasteiger partial charge on any atom is 0.244 e. The number of benzene rings is 2. The van der Waals surface area contributed by atoms with Crippen molar-refractivity contribution in [3.63, 3.8) is 0 Å². The van der Waals surface area contributed by atoms with Gasteiger partial charge in [0, 0.05) is 12.6 Å². The molecular formula is C22H27NO3. The normalized spacial score (nSPS) is 10.7. The minimum atomic E-state index is -0.132. The number of carbonyl (C=O) groups excluding carboxylic acids is 1. The fourth-order valence-electron chi connectivity index (χ4n) is 2.46. The van der Waals surface area contributed by atoms with Crippen LogP contribution in [0, 0.1) is 0 Å². The molecule has 4 nitrogen and oxygen atoms in total. The van der Waals surface area contributed by atoms with Crippen LogP contribution in [0.1, 0.15) is 37.3 Å². The summed E-state index contributed by atoms with van der Waals surface area (Å²) in [5, 5.41) is 2.87. The van der Waals surface area contributed by atoms with Crippen molar-refractivity contribution < 1.29 is 14.3 Å². The highest BCUT2D eigenvalue weighted by Gasteiger charge is 2.05. The summed E-state index contributed by atoms with van der Waals surface area (Å²) < 4.78 is 11.2. The summed E-state index contributed by atoms with van der Waals surface area (Å²) in [5.74, 6) is 1.27. The molecule has 0 saturated heterocycles. The molecule has 0 spiro atoms. The van der Waals surface area contributed by atoms with Crippen LogP contribution < -0.4 is 14.8 Å². The highest BCUT2D eigenvalue weighted by atomic mass is 16.5. The molecule has 0 radical (unpaired) electrons. The molecule has 0 heterocycles. The number of hydrogen-bond donors (Lipinski definition) is 1. The number of amides is 1. The second-order valence-electron chi connectivity index (χ2n) is 6.00. The molecule has 0 aliphatic rings. The molecule has 1 N–H and O–H groups in total. The molecule has 26 heavy (non-hydrogen) atoms. The summed E-state index contributed by atoms with van der Waals surface area (Å²) in [5.41, 5.74) is 1.96. The third kappa shape index (κ3) is 6.63. The number of nitrogens with one attached hydrogen (secondary N) is 1. The Morgan fingerprint density at radius 1 is 1.08 bits per heavy atom. The summed E-state index contributed by atoms with van der Waals surface area (Å²) in [4.78, 5) is 12.0. The highest BCUT2D eigenvalue weighted by Crippen LogP contribution is 2.28. The zero-order valence-corrected chi connectivity index (χ0v) is 15.5. The fourth-order valence-corrected chi connectivity index (χ4v) is 2.46. The Morgan fingerprint density at radius 3 is 2.62 bits per heavy atom. The van der Waals surface area contributed by atoms with Crippen LogP contribution in [0.3, 0.4) is 0 Å². The van der Waals surface area contributed by atoms with Gasteiger partial charge in [-0.15, -0.1) is 0 Å². The van der Waals surface area contributed by atoms with Crippen molar-refractivity contribution in [2.24, 2.45) is 0 Å². The molecule has 2 rings (SSSR count). The van der Waals surface area contributed by atoms with Crippen LogP contribution in [0.2, 0.25) is 0 Å². The van der Waals surface area contributed by atoms with Crippen molar-refractivity contribution in [3.8, 4) is 11.5 Å². The zero-order chi connectivity index (χ0) is 18.6. The summed E-state index contributed by atoms with van der Waals surface area (Å²) in [6.45, 7) is 3.36. The highest BCUT2D eigenvalue weighted by molar-refractivity contribution is 5.91. The van der Waals surface area contributed by atoms with Gasteiger partial charge in [-0.05, 0) is 35.8 Å². The van der Waals surface area contributed by atoms with Crippen molar-refractivity contribution in [2.45, 2.75) is 32.7 Å². The molecule has 4 heteroatoms. The molecule has 0 atom stereocenters. The first-order valence-electron chi connectivity index (χ1n) is 9.03. The van der Waals surface area contributed by atoms with E-state index in [1.54, 1.807) is 13.2 Å². The Kier molecular flexibility index (Phi) is 8.27. The van der Waals surface area contributed by atoms with Gasteiger partial charge < -0.3 is 14.8 Å². The molecule has 0 aromatic heterocycles. The Balaban J connectivity index is 1.89. The second-order valence-corrected chi connectivity index (χ2v) is 6.00. The maximum absolute atomic E-state index is 12.0. The largest absolute Gasteiger partial charge is 0.493 e. The van der Waals surface area contributed by atoms with E-state index >= 15 is 0 Å². The van der Waals surface area contributed by atoms with Gasteiger partial charge in [-0.1, -0.05) is 56.2 Å². The summed E-state index contributed by atoms with van der Waals surface area (Å²) in [6, 6.07) is 15.5. The minimum absolute atomic E-state index is 0.132. The molecule has 0 fully saturated rings.